The van der Waals surface area contributed by atoms with Crippen molar-refractivity contribution >= 4 is 34.0 Å². The molecular weight excluding hydrogens is 332 g/mol. The van der Waals surface area contributed by atoms with E-state index >= 15 is 0 Å². The molecule has 0 radical (unpaired) electrons. The van der Waals surface area contributed by atoms with Crippen LogP contribution in [0.4, 0.5) is 0 Å². The number of hydrogen-bond donors (Lipinski definition) is 2. The summed E-state index contributed by atoms with van der Waals surface area (Å²) in [6.07, 6.45) is 7.76. The lowest BCUT2D eigenvalue weighted by molar-refractivity contribution is -0.122. The molecule has 3 aromatic rings. The Morgan fingerprint density at radius 1 is 1.15 bits per heavy atom. The van der Waals surface area contributed by atoms with E-state index in [1.54, 1.807) is 12.3 Å². The third kappa shape index (κ3) is 2.53. The van der Waals surface area contributed by atoms with Crippen LogP contribution < -0.4 is 5.32 Å². The van der Waals surface area contributed by atoms with Crippen LogP contribution in [0.15, 0.2) is 43.0 Å². The highest BCUT2D eigenvalue weighted by Crippen LogP contribution is 2.35. The largest absolute Gasteiger partial charge is 0.396 e. The molecule has 2 N–H and O–H groups in total. The Morgan fingerprint density at radius 2 is 1.96 bits per heavy atom. The van der Waals surface area contributed by atoms with Gasteiger partial charge in [0.1, 0.15) is 5.65 Å². The van der Waals surface area contributed by atoms with Crippen molar-refractivity contribution in [3.05, 3.63) is 54.1 Å². The highest BCUT2D eigenvalue weighted by molar-refractivity contribution is 6.50. The van der Waals surface area contributed by atoms with E-state index in [0.717, 1.165) is 11.0 Å². The van der Waals surface area contributed by atoms with Crippen LogP contribution in [0.1, 0.15) is 17.5 Å². The van der Waals surface area contributed by atoms with E-state index in [-0.39, 0.29) is 6.61 Å². The first-order valence-corrected chi connectivity index (χ1v) is 8.37. The van der Waals surface area contributed by atoms with Gasteiger partial charge in [0.2, 0.25) is 0 Å². The van der Waals surface area contributed by atoms with Crippen LogP contribution in [0.25, 0.3) is 22.2 Å². The van der Waals surface area contributed by atoms with Gasteiger partial charge in [-0.2, -0.15) is 0 Å². The number of carbonyl (C=O) groups excluding carboxylic acids is 2. The molecule has 4 rings (SSSR count). The Bertz CT molecular complexity index is 1060. The molecule has 0 unspecified atom stereocenters. The fourth-order valence-electron chi connectivity index (χ4n) is 3.37. The minimum atomic E-state index is -0.404. The van der Waals surface area contributed by atoms with Crippen molar-refractivity contribution in [3.8, 4) is 0 Å². The van der Waals surface area contributed by atoms with Gasteiger partial charge in [-0.05, 0) is 24.6 Å². The van der Waals surface area contributed by atoms with E-state index in [1.807, 2.05) is 46.9 Å². The molecule has 4 heterocycles. The molecule has 0 spiro atoms. The molecule has 132 valence electrons. The Morgan fingerprint density at radius 3 is 2.69 bits per heavy atom. The first-order valence-electron chi connectivity index (χ1n) is 8.37. The number of amides is 2. The molecule has 0 atom stereocenters. The number of imide groups is 1. The highest BCUT2D eigenvalue weighted by atomic mass is 16.3. The van der Waals surface area contributed by atoms with Crippen molar-refractivity contribution in [1.82, 2.24) is 19.4 Å². The number of rotatable bonds is 5. The summed E-state index contributed by atoms with van der Waals surface area (Å²) in [6, 6.07) is 5.51. The SMILES string of the molecule is Cn1ccc(C2=C(c3cn(CCCO)c4ncccc34)C(=O)NC2=O)c1. The molecule has 0 saturated heterocycles. The van der Waals surface area contributed by atoms with Gasteiger partial charge < -0.3 is 14.2 Å². The maximum Gasteiger partial charge on any atom is 0.259 e. The number of aromatic nitrogens is 3. The minimum absolute atomic E-state index is 0.0682. The number of aryl methyl sites for hydroxylation is 2. The number of carbonyl (C=O) groups is 2. The zero-order chi connectivity index (χ0) is 18.3. The minimum Gasteiger partial charge on any atom is -0.396 e. The molecule has 0 fully saturated rings. The Kier molecular flexibility index (Phi) is 3.93. The Hall–Kier alpha value is -3.19. The fraction of sp³-hybridized carbons (Fsp3) is 0.211. The van der Waals surface area contributed by atoms with Gasteiger partial charge in [-0.1, -0.05) is 0 Å². The molecule has 2 amide bonds. The van der Waals surface area contributed by atoms with Gasteiger partial charge in [0.05, 0.1) is 11.1 Å². The van der Waals surface area contributed by atoms with Gasteiger partial charge in [-0.3, -0.25) is 14.9 Å². The second-order valence-electron chi connectivity index (χ2n) is 6.29. The first kappa shape index (κ1) is 16.3. The van der Waals surface area contributed by atoms with Gasteiger partial charge in [0, 0.05) is 61.5 Å². The van der Waals surface area contributed by atoms with E-state index in [9.17, 15) is 9.59 Å². The van der Waals surface area contributed by atoms with E-state index in [4.69, 9.17) is 5.11 Å². The lowest BCUT2D eigenvalue weighted by Crippen LogP contribution is -2.22. The van der Waals surface area contributed by atoms with Crippen molar-refractivity contribution in [2.24, 2.45) is 7.05 Å². The molecule has 26 heavy (non-hydrogen) atoms. The van der Waals surface area contributed by atoms with Crippen LogP contribution >= 0.6 is 0 Å². The third-order valence-electron chi connectivity index (χ3n) is 4.51. The standard InChI is InChI=1S/C19H18N4O3/c1-22-8-5-12(10-22)15-16(19(26)21-18(15)25)14-11-23(7-3-9-24)17-13(14)4-2-6-20-17/h2,4-6,8,10-11,24H,3,7,9H2,1H3,(H,21,25,26). The molecule has 0 bridgehead atoms. The number of fused-ring (bicyclic) bond motifs is 1. The smallest absolute Gasteiger partial charge is 0.259 e. The van der Waals surface area contributed by atoms with Gasteiger partial charge in [0.25, 0.3) is 11.8 Å². The Labute approximate surface area is 149 Å². The summed E-state index contributed by atoms with van der Waals surface area (Å²) in [5.41, 5.74) is 2.84. The van der Waals surface area contributed by atoms with Crippen LogP contribution in [-0.2, 0) is 23.2 Å². The van der Waals surface area contributed by atoms with Crippen LogP contribution in [0, 0.1) is 0 Å². The van der Waals surface area contributed by atoms with Crippen molar-refractivity contribution < 1.29 is 14.7 Å². The van der Waals surface area contributed by atoms with Gasteiger partial charge in [-0.25, -0.2) is 4.98 Å². The molecule has 0 saturated carbocycles. The quantitative estimate of drug-likeness (QED) is 0.679. The van der Waals surface area contributed by atoms with Gasteiger partial charge >= 0.3 is 0 Å². The molecule has 0 aromatic carbocycles. The van der Waals surface area contributed by atoms with Crippen molar-refractivity contribution in [3.63, 3.8) is 0 Å². The summed E-state index contributed by atoms with van der Waals surface area (Å²) >= 11 is 0. The summed E-state index contributed by atoms with van der Waals surface area (Å²) in [5, 5.41) is 12.3. The molecule has 1 aliphatic heterocycles. The topological polar surface area (TPSA) is 89.2 Å². The second-order valence-corrected chi connectivity index (χ2v) is 6.29. The summed E-state index contributed by atoms with van der Waals surface area (Å²) in [5.74, 6) is -0.796. The maximum atomic E-state index is 12.6. The summed E-state index contributed by atoms with van der Waals surface area (Å²) in [6.45, 7) is 0.645. The average Bonchev–Trinajstić information content (AvgIpc) is 3.28. The van der Waals surface area contributed by atoms with Crippen LogP contribution in [0.3, 0.4) is 0 Å². The maximum absolute atomic E-state index is 12.6. The first-order chi connectivity index (χ1) is 12.6. The average molecular weight is 350 g/mol. The number of pyridine rings is 1. The molecule has 3 aromatic heterocycles. The number of aliphatic hydroxyl groups excluding tert-OH is 1. The molecule has 1 aliphatic rings. The highest BCUT2D eigenvalue weighted by Gasteiger charge is 2.34. The zero-order valence-corrected chi connectivity index (χ0v) is 14.3. The van der Waals surface area contributed by atoms with Crippen LogP contribution in [0.5, 0.6) is 0 Å². The van der Waals surface area contributed by atoms with Gasteiger partial charge in [0.15, 0.2) is 0 Å². The summed E-state index contributed by atoms with van der Waals surface area (Å²) < 4.78 is 3.74. The predicted octanol–water partition coefficient (Wildman–Crippen LogP) is 1.32. The van der Waals surface area contributed by atoms with E-state index in [2.05, 4.69) is 10.3 Å². The monoisotopic (exact) mass is 350 g/mol. The molecule has 7 nitrogen and oxygen atoms in total. The van der Waals surface area contributed by atoms with E-state index < -0.39 is 11.8 Å². The van der Waals surface area contributed by atoms with Crippen molar-refractivity contribution in [2.45, 2.75) is 13.0 Å². The summed E-state index contributed by atoms with van der Waals surface area (Å²) in [4.78, 5) is 29.4. The number of nitrogens with one attached hydrogen (secondary N) is 1. The van der Waals surface area contributed by atoms with Crippen LogP contribution in [-0.4, -0.2) is 37.6 Å². The number of nitrogens with zero attached hydrogens (tertiary/aromatic N) is 3. The van der Waals surface area contributed by atoms with Crippen LogP contribution in [0.2, 0.25) is 0 Å². The summed E-state index contributed by atoms with van der Waals surface area (Å²) in [7, 11) is 1.86. The number of aliphatic hydroxyl groups is 1. The number of hydrogen-bond acceptors (Lipinski definition) is 4. The molecule has 7 heteroatoms. The lowest BCUT2D eigenvalue weighted by atomic mass is 9.98. The normalized spacial score (nSPS) is 14.5. The van der Waals surface area contributed by atoms with Gasteiger partial charge in [-0.15, -0.1) is 0 Å². The zero-order valence-electron chi connectivity index (χ0n) is 14.3. The Balaban J connectivity index is 1.96. The third-order valence-corrected chi connectivity index (χ3v) is 4.51. The molecule has 0 aliphatic carbocycles. The van der Waals surface area contributed by atoms with Crippen molar-refractivity contribution in [1.29, 1.82) is 0 Å². The lowest BCUT2D eigenvalue weighted by Gasteiger charge is -2.02. The second kappa shape index (κ2) is 6.27. The van der Waals surface area contributed by atoms with E-state index in [0.29, 0.717) is 35.2 Å². The van der Waals surface area contributed by atoms with Crippen molar-refractivity contribution in [2.75, 3.05) is 6.61 Å². The van der Waals surface area contributed by atoms with E-state index in [1.165, 1.54) is 0 Å². The molecular formula is C19H18N4O3. The fourth-order valence-corrected chi connectivity index (χ4v) is 3.37. The predicted molar refractivity (Wildman–Crippen MR) is 96.8 cm³/mol.